The number of nitrogens with zero attached hydrogens (tertiary/aromatic N) is 6. The van der Waals surface area contributed by atoms with Gasteiger partial charge < -0.3 is 15.1 Å². The van der Waals surface area contributed by atoms with Crippen LogP contribution in [0.25, 0.3) is 5.52 Å². The van der Waals surface area contributed by atoms with Crippen LogP contribution in [-0.2, 0) is 4.79 Å². The molecular formula is C22H27N7O. The van der Waals surface area contributed by atoms with Crippen molar-refractivity contribution in [3.8, 4) is 0 Å². The summed E-state index contributed by atoms with van der Waals surface area (Å²) in [6, 6.07) is 8.15. The number of hydrogen-bond donors (Lipinski definition) is 1. The number of fused-ring (bicyclic) bond motifs is 1. The minimum Gasteiger partial charge on any atom is -0.369 e. The predicted octanol–water partition coefficient (Wildman–Crippen LogP) is 2.23. The number of piperazine rings is 1. The Morgan fingerprint density at radius 3 is 2.60 bits per heavy atom. The highest BCUT2D eigenvalue weighted by molar-refractivity contribution is 6.04. The van der Waals surface area contributed by atoms with Crippen LogP contribution in [0.3, 0.4) is 0 Å². The van der Waals surface area contributed by atoms with Gasteiger partial charge in [-0.1, -0.05) is 0 Å². The van der Waals surface area contributed by atoms with Crippen molar-refractivity contribution in [3.05, 3.63) is 53.1 Å². The zero-order valence-electron chi connectivity index (χ0n) is 17.9. The Morgan fingerprint density at radius 2 is 1.90 bits per heavy atom. The average molecular weight is 406 g/mol. The number of nitrogens with one attached hydrogen (secondary N) is 1. The van der Waals surface area contributed by atoms with E-state index in [9.17, 15) is 4.79 Å². The SMILES string of the molecule is Cc1cn2nc(C(=Nc3ccc(N4CCN(C)CC4)cc3C)NC=O)cc2c(C)n1. The Labute approximate surface area is 176 Å². The van der Waals surface area contributed by atoms with Gasteiger partial charge in [-0.2, -0.15) is 5.10 Å². The molecule has 4 rings (SSSR count). The molecule has 0 saturated carbocycles. The summed E-state index contributed by atoms with van der Waals surface area (Å²) in [6.07, 6.45) is 2.49. The molecule has 2 aromatic heterocycles. The van der Waals surface area contributed by atoms with Crippen LogP contribution >= 0.6 is 0 Å². The van der Waals surface area contributed by atoms with Crippen LogP contribution in [0, 0.1) is 20.8 Å². The van der Waals surface area contributed by atoms with Crippen LogP contribution in [0.1, 0.15) is 22.6 Å². The molecule has 1 fully saturated rings. The van der Waals surface area contributed by atoms with E-state index in [4.69, 9.17) is 4.99 Å². The molecule has 8 nitrogen and oxygen atoms in total. The van der Waals surface area contributed by atoms with E-state index in [1.54, 1.807) is 4.52 Å². The van der Waals surface area contributed by atoms with E-state index in [2.05, 4.69) is 44.4 Å². The normalized spacial score (nSPS) is 15.6. The van der Waals surface area contributed by atoms with E-state index in [1.165, 1.54) is 5.69 Å². The molecule has 1 aliphatic rings. The maximum Gasteiger partial charge on any atom is 0.212 e. The molecule has 0 atom stereocenters. The number of aryl methyl sites for hydroxylation is 3. The highest BCUT2D eigenvalue weighted by Gasteiger charge is 2.16. The van der Waals surface area contributed by atoms with Crippen molar-refractivity contribution in [2.24, 2.45) is 4.99 Å². The quantitative estimate of drug-likeness (QED) is 0.409. The Balaban J connectivity index is 1.67. The molecule has 0 unspecified atom stereocenters. The molecular weight excluding hydrogens is 378 g/mol. The van der Waals surface area contributed by atoms with E-state index < -0.39 is 0 Å². The number of aromatic nitrogens is 3. The maximum atomic E-state index is 11.2. The summed E-state index contributed by atoms with van der Waals surface area (Å²) in [7, 11) is 2.15. The molecule has 156 valence electrons. The van der Waals surface area contributed by atoms with Crippen LogP contribution in [0.2, 0.25) is 0 Å². The third-order valence-corrected chi connectivity index (χ3v) is 5.48. The first-order valence-corrected chi connectivity index (χ1v) is 10.1. The lowest BCUT2D eigenvalue weighted by molar-refractivity contribution is -0.108. The van der Waals surface area contributed by atoms with Crippen molar-refractivity contribution in [3.63, 3.8) is 0 Å². The smallest absolute Gasteiger partial charge is 0.212 e. The number of amides is 1. The number of likely N-dealkylation sites (N-methyl/N-ethyl adjacent to an activating group) is 1. The molecule has 8 heteroatoms. The van der Waals surface area contributed by atoms with Crippen molar-refractivity contribution in [2.75, 3.05) is 38.1 Å². The topological polar surface area (TPSA) is 78.1 Å². The van der Waals surface area contributed by atoms with Crippen molar-refractivity contribution in [1.29, 1.82) is 0 Å². The Hall–Kier alpha value is -3.26. The number of carbonyl (C=O) groups excluding carboxylic acids is 1. The van der Waals surface area contributed by atoms with Crippen molar-refractivity contribution in [2.45, 2.75) is 20.8 Å². The van der Waals surface area contributed by atoms with Crippen molar-refractivity contribution < 1.29 is 4.79 Å². The Kier molecular flexibility index (Phi) is 5.50. The van der Waals surface area contributed by atoms with Crippen molar-refractivity contribution in [1.82, 2.24) is 24.8 Å². The van der Waals surface area contributed by atoms with Gasteiger partial charge in [-0.25, -0.2) is 9.51 Å². The van der Waals surface area contributed by atoms with Crippen LogP contribution in [0.4, 0.5) is 11.4 Å². The van der Waals surface area contributed by atoms with E-state index in [1.807, 2.05) is 39.1 Å². The fourth-order valence-corrected chi connectivity index (χ4v) is 3.77. The van der Waals surface area contributed by atoms with Gasteiger partial charge in [0.1, 0.15) is 5.69 Å². The van der Waals surface area contributed by atoms with E-state index in [0.29, 0.717) is 17.9 Å². The summed E-state index contributed by atoms with van der Waals surface area (Å²) in [5.74, 6) is 0.418. The van der Waals surface area contributed by atoms with Crippen molar-refractivity contribution >= 4 is 29.1 Å². The fourth-order valence-electron chi connectivity index (χ4n) is 3.77. The minimum atomic E-state index is 0.418. The second-order valence-corrected chi connectivity index (χ2v) is 7.81. The number of rotatable bonds is 4. The summed E-state index contributed by atoms with van der Waals surface area (Å²) >= 11 is 0. The van der Waals surface area contributed by atoms with Gasteiger partial charge in [-0.15, -0.1) is 0 Å². The monoisotopic (exact) mass is 405 g/mol. The van der Waals surface area contributed by atoms with Crippen LogP contribution in [0.5, 0.6) is 0 Å². The standard InChI is InChI=1S/C22H27N7O/c1-15-11-18(28-9-7-27(4)8-10-28)5-6-19(15)25-22(23-14-30)20-12-21-17(3)24-16(2)13-29(21)26-20/h5-6,11-14H,7-10H2,1-4H3,(H,23,25,30). The number of anilines is 1. The summed E-state index contributed by atoms with van der Waals surface area (Å²) in [5.41, 5.74) is 6.31. The van der Waals surface area contributed by atoms with Gasteiger partial charge in [0.25, 0.3) is 0 Å². The largest absolute Gasteiger partial charge is 0.369 e. The number of hydrogen-bond acceptors (Lipinski definition) is 6. The Bertz CT molecular complexity index is 1110. The lowest BCUT2D eigenvalue weighted by atomic mass is 10.1. The third-order valence-electron chi connectivity index (χ3n) is 5.48. The summed E-state index contributed by atoms with van der Waals surface area (Å²) in [6.45, 7) is 10.1. The molecule has 1 saturated heterocycles. The Morgan fingerprint density at radius 1 is 1.13 bits per heavy atom. The second-order valence-electron chi connectivity index (χ2n) is 7.81. The van der Waals surface area contributed by atoms with Gasteiger partial charge in [0.05, 0.1) is 28.8 Å². The molecule has 3 aromatic rings. The van der Waals surface area contributed by atoms with E-state index in [0.717, 1.165) is 54.3 Å². The lowest BCUT2D eigenvalue weighted by Gasteiger charge is -2.34. The zero-order chi connectivity index (χ0) is 21.3. The molecule has 1 N–H and O–H groups in total. The van der Waals surface area contributed by atoms with Gasteiger partial charge in [0.2, 0.25) is 6.41 Å². The molecule has 0 aliphatic carbocycles. The molecule has 30 heavy (non-hydrogen) atoms. The highest BCUT2D eigenvalue weighted by Crippen LogP contribution is 2.26. The number of benzene rings is 1. The number of aliphatic imine (C=N–C) groups is 1. The second kappa shape index (κ2) is 8.23. The first kappa shape index (κ1) is 20.0. The fraction of sp³-hybridized carbons (Fsp3) is 0.364. The maximum absolute atomic E-state index is 11.2. The molecule has 0 bridgehead atoms. The lowest BCUT2D eigenvalue weighted by Crippen LogP contribution is -2.44. The third kappa shape index (κ3) is 4.04. The molecule has 1 aromatic carbocycles. The van der Waals surface area contributed by atoms with Crippen LogP contribution in [0.15, 0.2) is 35.5 Å². The minimum absolute atomic E-state index is 0.418. The van der Waals surface area contributed by atoms with Crippen LogP contribution < -0.4 is 10.2 Å². The van der Waals surface area contributed by atoms with E-state index in [-0.39, 0.29) is 0 Å². The summed E-state index contributed by atoms with van der Waals surface area (Å²) in [5, 5.41) is 7.30. The van der Waals surface area contributed by atoms with Gasteiger partial charge in [0.15, 0.2) is 5.84 Å². The molecule has 1 aliphatic heterocycles. The average Bonchev–Trinajstić information content (AvgIpc) is 3.14. The first-order chi connectivity index (χ1) is 14.4. The predicted molar refractivity (Wildman–Crippen MR) is 119 cm³/mol. The van der Waals surface area contributed by atoms with Gasteiger partial charge in [-0.3, -0.25) is 9.78 Å². The molecule has 0 radical (unpaired) electrons. The molecule has 3 heterocycles. The van der Waals surface area contributed by atoms with E-state index >= 15 is 0 Å². The van der Waals surface area contributed by atoms with Crippen LogP contribution in [-0.4, -0.2) is 65.0 Å². The van der Waals surface area contributed by atoms with Gasteiger partial charge in [-0.05, 0) is 57.6 Å². The number of amidine groups is 1. The summed E-state index contributed by atoms with van der Waals surface area (Å²) < 4.78 is 1.78. The zero-order valence-corrected chi connectivity index (χ0v) is 17.9. The molecule has 1 amide bonds. The summed E-state index contributed by atoms with van der Waals surface area (Å²) in [4.78, 5) is 25.2. The number of carbonyl (C=O) groups is 1. The first-order valence-electron chi connectivity index (χ1n) is 10.1. The van der Waals surface area contributed by atoms with Gasteiger partial charge in [0, 0.05) is 31.9 Å². The highest BCUT2D eigenvalue weighted by atomic mass is 16.1. The van der Waals surface area contributed by atoms with Gasteiger partial charge >= 0.3 is 0 Å². The molecule has 0 spiro atoms.